The second-order valence-electron chi connectivity index (χ2n) is 7.00. The highest BCUT2D eigenvalue weighted by atomic mass is 16.6. The van der Waals surface area contributed by atoms with Gasteiger partial charge in [-0.05, 0) is 52.4 Å². The lowest BCUT2D eigenvalue weighted by atomic mass is 9.67. The first-order chi connectivity index (χ1) is 10.7. The largest absolute Gasteiger partial charge is 0.465 e. The molecule has 1 aliphatic rings. The first kappa shape index (κ1) is 19.3. The van der Waals surface area contributed by atoms with E-state index in [1.54, 1.807) is 11.8 Å². The van der Waals surface area contributed by atoms with Gasteiger partial charge in [-0.3, -0.25) is 4.79 Å². The standard InChI is InChI=1S/C17H28N2O4/c1-6-17(13(12-18)14(20)22-7-2)8-10-19(11-9-17)15(21)23-16(3,4)5/h13H,6-11H2,1-5H3. The molecule has 0 radical (unpaired) electrons. The number of nitrogens with zero attached hydrogens (tertiary/aromatic N) is 2. The molecule has 0 aromatic carbocycles. The summed E-state index contributed by atoms with van der Waals surface area (Å²) in [5.74, 6) is -1.24. The fourth-order valence-corrected chi connectivity index (χ4v) is 2.97. The van der Waals surface area contributed by atoms with Crippen LogP contribution in [0.5, 0.6) is 0 Å². The molecule has 1 heterocycles. The van der Waals surface area contributed by atoms with E-state index < -0.39 is 22.9 Å². The SMILES string of the molecule is CCOC(=O)C(C#N)C1(CC)CCN(C(=O)OC(C)(C)C)CC1. The van der Waals surface area contributed by atoms with Crippen molar-refractivity contribution in [2.45, 2.75) is 59.5 Å². The molecule has 1 fully saturated rings. The van der Waals surface area contributed by atoms with Crippen LogP contribution in [0.15, 0.2) is 0 Å². The number of hydrogen-bond acceptors (Lipinski definition) is 5. The first-order valence-corrected chi connectivity index (χ1v) is 8.23. The third-order valence-electron chi connectivity index (χ3n) is 4.38. The summed E-state index contributed by atoms with van der Waals surface area (Å²) in [6.07, 6.45) is 1.55. The molecule has 1 saturated heterocycles. The zero-order valence-corrected chi connectivity index (χ0v) is 14.8. The molecule has 0 aliphatic carbocycles. The Morgan fingerprint density at radius 3 is 2.22 bits per heavy atom. The molecule has 1 amide bonds. The predicted octanol–water partition coefficient (Wildman–Crippen LogP) is 3.12. The average molecular weight is 324 g/mol. The molecule has 6 heteroatoms. The Balaban J connectivity index is 2.78. The van der Waals surface area contributed by atoms with Gasteiger partial charge in [0, 0.05) is 13.1 Å². The number of rotatable bonds is 4. The summed E-state index contributed by atoms with van der Waals surface area (Å²) in [5.41, 5.74) is -0.962. The zero-order chi connectivity index (χ0) is 17.7. The maximum Gasteiger partial charge on any atom is 0.410 e. The van der Waals surface area contributed by atoms with Crippen molar-refractivity contribution in [2.24, 2.45) is 11.3 Å². The molecular formula is C17H28N2O4. The van der Waals surface area contributed by atoms with Crippen molar-refractivity contribution in [3.63, 3.8) is 0 Å². The van der Waals surface area contributed by atoms with E-state index in [9.17, 15) is 14.9 Å². The van der Waals surface area contributed by atoms with E-state index in [0.717, 1.165) is 0 Å². The minimum absolute atomic E-state index is 0.265. The van der Waals surface area contributed by atoms with Gasteiger partial charge in [-0.25, -0.2) is 4.79 Å². The number of esters is 1. The van der Waals surface area contributed by atoms with Crippen LogP contribution in [0, 0.1) is 22.7 Å². The van der Waals surface area contributed by atoms with Crippen LogP contribution in [0.25, 0.3) is 0 Å². The predicted molar refractivity (Wildman–Crippen MR) is 85.5 cm³/mol. The highest BCUT2D eigenvalue weighted by Gasteiger charge is 2.46. The number of carbonyl (C=O) groups excluding carboxylic acids is 2. The fraction of sp³-hybridized carbons (Fsp3) is 0.824. The monoisotopic (exact) mass is 324 g/mol. The van der Waals surface area contributed by atoms with Crippen molar-refractivity contribution in [3.8, 4) is 6.07 Å². The van der Waals surface area contributed by atoms with Crippen molar-refractivity contribution in [2.75, 3.05) is 19.7 Å². The smallest absolute Gasteiger partial charge is 0.410 e. The van der Waals surface area contributed by atoms with Crippen LogP contribution < -0.4 is 0 Å². The number of nitriles is 1. The van der Waals surface area contributed by atoms with Gasteiger partial charge in [0.2, 0.25) is 0 Å². The van der Waals surface area contributed by atoms with Crippen LogP contribution in [0.2, 0.25) is 0 Å². The summed E-state index contributed by atoms with van der Waals surface area (Å²) in [6, 6.07) is 2.12. The molecule has 130 valence electrons. The summed E-state index contributed by atoms with van der Waals surface area (Å²) in [5, 5.41) is 9.44. The second-order valence-corrected chi connectivity index (χ2v) is 7.00. The van der Waals surface area contributed by atoms with Gasteiger partial charge in [0.25, 0.3) is 0 Å². The molecule has 1 aliphatic heterocycles. The molecule has 0 aromatic heterocycles. The van der Waals surface area contributed by atoms with Gasteiger partial charge in [-0.15, -0.1) is 0 Å². The number of ether oxygens (including phenoxy) is 2. The van der Waals surface area contributed by atoms with Crippen molar-refractivity contribution in [1.29, 1.82) is 5.26 Å². The van der Waals surface area contributed by atoms with Gasteiger partial charge in [0.05, 0.1) is 12.7 Å². The molecule has 0 N–H and O–H groups in total. The average Bonchev–Trinajstić information content (AvgIpc) is 2.47. The van der Waals surface area contributed by atoms with Gasteiger partial charge in [0.15, 0.2) is 0 Å². The maximum absolute atomic E-state index is 12.1. The van der Waals surface area contributed by atoms with Gasteiger partial charge in [-0.1, -0.05) is 6.92 Å². The lowest BCUT2D eigenvalue weighted by Gasteiger charge is -2.43. The summed E-state index contributed by atoms with van der Waals surface area (Å²) in [7, 11) is 0. The van der Waals surface area contributed by atoms with Crippen LogP contribution >= 0.6 is 0 Å². The molecular weight excluding hydrogens is 296 g/mol. The van der Waals surface area contributed by atoms with E-state index in [1.165, 1.54) is 0 Å². The van der Waals surface area contributed by atoms with Crippen LogP contribution in [0.1, 0.15) is 53.9 Å². The van der Waals surface area contributed by atoms with E-state index in [2.05, 4.69) is 6.07 Å². The van der Waals surface area contributed by atoms with Gasteiger partial charge < -0.3 is 14.4 Å². The lowest BCUT2D eigenvalue weighted by Crippen LogP contribution is -2.48. The number of amides is 1. The molecule has 0 aromatic rings. The van der Waals surface area contributed by atoms with E-state index in [1.807, 2.05) is 27.7 Å². The van der Waals surface area contributed by atoms with Crippen molar-refractivity contribution in [3.05, 3.63) is 0 Å². The number of likely N-dealkylation sites (tertiary alicyclic amines) is 1. The second kappa shape index (κ2) is 7.67. The van der Waals surface area contributed by atoms with E-state index in [-0.39, 0.29) is 12.7 Å². The lowest BCUT2D eigenvalue weighted by molar-refractivity contribution is -0.151. The molecule has 6 nitrogen and oxygen atoms in total. The van der Waals surface area contributed by atoms with Gasteiger partial charge >= 0.3 is 12.1 Å². The Kier molecular flexibility index (Phi) is 6.43. The van der Waals surface area contributed by atoms with E-state index in [0.29, 0.717) is 32.4 Å². The molecule has 23 heavy (non-hydrogen) atoms. The van der Waals surface area contributed by atoms with Gasteiger partial charge in [-0.2, -0.15) is 5.26 Å². The topological polar surface area (TPSA) is 79.6 Å². The van der Waals surface area contributed by atoms with Crippen LogP contribution in [-0.2, 0) is 14.3 Å². The maximum atomic E-state index is 12.1. The van der Waals surface area contributed by atoms with Crippen molar-refractivity contribution < 1.29 is 19.1 Å². The highest BCUT2D eigenvalue weighted by Crippen LogP contribution is 2.42. The van der Waals surface area contributed by atoms with E-state index >= 15 is 0 Å². The Morgan fingerprint density at radius 1 is 1.26 bits per heavy atom. The fourth-order valence-electron chi connectivity index (χ4n) is 2.97. The summed E-state index contributed by atoms with van der Waals surface area (Å²) in [4.78, 5) is 25.9. The Labute approximate surface area is 138 Å². The van der Waals surface area contributed by atoms with E-state index in [4.69, 9.17) is 9.47 Å². The van der Waals surface area contributed by atoms with Gasteiger partial charge in [0.1, 0.15) is 11.5 Å². The molecule has 1 rings (SSSR count). The molecule has 1 unspecified atom stereocenters. The van der Waals surface area contributed by atoms with Crippen LogP contribution in [0.4, 0.5) is 4.79 Å². The summed E-state index contributed by atoms with van der Waals surface area (Å²) < 4.78 is 10.4. The number of carbonyl (C=O) groups is 2. The summed E-state index contributed by atoms with van der Waals surface area (Å²) in [6.45, 7) is 10.4. The molecule has 0 saturated carbocycles. The Bertz CT molecular complexity index is 468. The first-order valence-electron chi connectivity index (χ1n) is 8.23. The third-order valence-corrected chi connectivity index (χ3v) is 4.38. The zero-order valence-electron chi connectivity index (χ0n) is 14.8. The summed E-state index contributed by atoms with van der Waals surface area (Å²) >= 11 is 0. The Hall–Kier alpha value is -1.77. The van der Waals surface area contributed by atoms with Crippen LogP contribution in [0.3, 0.4) is 0 Å². The van der Waals surface area contributed by atoms with Crippen molar-refractivity contribution >= 4 is 12.1 Å². The number of hydrogen-bond donors (Lipinski definition) is 0. The minimum atomic E-state index is -0.784. The normalized spacial score (nSPS) is 18.7. The van der Waals surface area contributed by atoms with Crippen LogP contribution in [-0.4, -0.2) is 42.3 Å². The number of piperidine rings is 1. The van der Waals surface area contributed by atoms with Crippen molar-refractivity contribution in [1.82, 2.24) is 4.90 Å². The minimum Gasteiger partial charge on any atom is -0.465 e. The molecule has 0 bridgehead atoms. The highest BCUT2D eigenvalue weighted by molar-refractivity contribution is 5.76. The Morgan fingerprint density at radius 2 is 1.83 bits per heavy atom. The quantitative estimate of drug-likeness (QED) is 0.742. The third kappa shape index (κ3) is 4.85. The molecule has 0 spiro atoms. The molecule has 1 atom stereocenters.